The van der Waals surface area contributed by atoms with E-state index in [0.29, 0.717) is 12.4 Å². The van der Waals surface area contributed by atoms with E-state index >= 15 is 0 Å². The van der Waals surface area contributed by atoms with Crippen LogP contribution in [0.1, 0.15) is 49.4 Å². The lowest BCUT2D eigenvalue weighted by atomic mass is 9.91. The zero-order chi connectivity index (χ0) is 15.1. The van der Waals surface area contributed by atoms with E-state index in [4.69, 9.17) is 9.84 Å². The molecule has 1 aliphatic rings. The number of aromatic carboxylic acids is 1. The molecule has 0 amide bonds. The Balaban J connectivity index is 1.63. The summed E-state index contributed by atoms with van der Waals surface area (Å²) in [5.41, 5.74) is 0.276. The molecular weight excluding hydrogens is 284 g/mol. The van der Waals surface area contributed by atoms with Gasteiger partial charge in [-0.25, -0.2) is 4.79 Å². The van der Waals surface area contributed by atoms with E-state index in [1.165, 1.54) is 25.7 Å². The first-order chi connectivity index (χ1) is 10.1. The van der Waals surface area contributed by atoms with Crippen LogP contribution in [-0.4, -0.2) is 28.7 Å². The molecule has 3 nitrogen and oxygen atoms in total. The summed E-state index contributed by atoms with van der Waals surface area (Å²) in [4.78, 5) is 10.9. The van der Waals surface area contributed by atoms with E-state index in [9.17, 15) is 4.79 Å². The van der Waals surface area contributed by atoms with Crippen LogP contribution in [0.25, 0.3) is 0 Å². The highest BCUT2D eigenvalue weighted by molar-refractivity contribution is 7.99. The third kappa shape index (κ3) is 5.62. The molecule has 0 saturated heterocycles. The zero-order valence-electron chi connectivity index (χ0n) is 12.6. The van der Waals surface area contributed by atoms with Crippen molar-refractivity contribution in [2.45, 2.75) is 44.3 Å². The van der Waals surface area contributed by atoms with Crippen molar-refractivity contribution >= 4 is 17.7 Å². The van der Waals surface area contributed by atoms with E-state index < -0.39 is 5.97 Å². The SMILES string of the molecule is CC1CCCC(SCCCOc2cccc(C(=O)O)c2)C1. The topological polar surface area (TPSA) is 46.5 Å². The van der Waals surface area contributed by atoms with Crippen molar-refractivity contribution in [1.29, 1.82) is 0 Å². The van der Waals surface area contributed by atoms with Gasteiger partial charge in [0.1, 0.15) is 5.75 Å². The third-order valence-electron chi connectivity index (χ3n) is 3.88. The van der Waals surface area contributed by atoms with Crippen LogP contribution >= 0.6 is 11.8 Å². The standard InChI is InChI=1S/C17H24O3S/c1-13-5-2-8-16(11-13)21-10-4-9-20-15-7-3-6-14(12-15)17(18)19/h3,6-7,12-13,16H,2,4-5,8-11H2,1H3,(H,18,19). The number of thioether (sulfide) groups is 1. The van der Waals surface area contributed by atoms with Gasteiger partial charge < -0.3 is 9.84 Å². The summed E-state index contributed by atoms with van der Waals surface area (Å²) >= 11 is 2.07. The maximum absolute atomic E-state index is 10.9. The Bertz CT molecular complexity index is 461. The molecule has 116 valence electrons. The second-order valence-corrected chi connectivity index (χ2v) is 7.21. The highest BCUT2D eigenvalue weighted by atomic mass is 32.2. The fourth-order valence-corrected chi connectivity index (χ4v) is 4.16. The number of carboxylic acids is 1. The molecule has 1 aromatic carbocycles. The van der Waals surface area contributed by atoms with Crippen LogP contribution < -0.4 is 4.74 Å². The average molecular weight is 308 g/mol. The Morgan fingerprint density at radius 1 is 1.43 bits per heavy atom. The number of carbonyl (C=O) groups is 1. The van der Waals surface area contributed by atoms with Gasteiger partial charge in [0.15, 0.2) is 0 Å². The summed E-state index contributed by atoms with van der Waals surface area (Å²) in [5, 5.41) is 9.75. The third-order valence-corrected chi connectivity index (χ3v) is 5.30. The predicted octanol–water partition coefficient (Wildman–Crippen LogP) is 4.47. The Kier molecular flexibility index (Phi) is 6.43. The second kappa shape index (κ2) is 8.32. The Morgan fingerprint density at radius 2 is 2.29 bits per heavy atom. The molecule has 0 aliphatic heterocycles. The molecule has 0 heterocycles. The molecule has 2 atom stereocenters. The summed E-state index contributed by atoms with van der Waals surface area (Å²) in [6.07, 6.45) is 6.48. The molecule has 0 spiro atoms. The van der Waals surface area contributed by atoms with Gasteiger partial charge in [-0.2, -0.15) is 11.8 Å². The smallest absolute Gasteiger partial charge is 0.335 e. The highest BCUT2D eigenvalue weighted by Crippen LogP contribution is 2.32. The first kappa shape index (κ1) is 16.2. The number of carboxylic acid groups (broad SMARTS) is 1. The van der Waals surface area contributed by atoms with E-state index in [1.807, 2.05) is 6.07 Å². The number of hydrogen-bond donors (Lipinski definition) is 1. The van der Waals surface area contributed by atoms with Crippen molar-refractivity contribution in [2.24, 2.45) is 5.92 Å². The van der Waals surface area contributed by atoms with Crippen LogP contribution in [0.2, 0.25) is 0 Å². The van der Waals surface area contributed by atoms with Gasteiger partial charge in [-0.3, -0.25) is 0 Å². The minimum absolute atomic E-state index is 0.276. The van der Waals surface area contributed by atoms with Crippen LogP contribution in [0.15, 0.2) is 24.3 Å². The largest absolute Gasteiger partial charge is 0.494 e. The molecule has 0 aromatic heterocycles. The number of hydrogen-bond acceptors (Lipinski definition) is 3. The van der Waals surface area contributed by atoms with Crippen molar-refractivity contribution in [3.8, 4) is 5.75 Å². The van der Waals surface area contributed by atoms with E-state index in [2.05, 4.69) is 18.7 Å². The molecule has 1 fully saturated rings. The lowest BCUT2D eigenvalue weighted by molar-refractivity contribution is 0.0696. The van der Waals surface area contributed by atoms with Crippen LogP contribution in [0.5, 0.6) is 5.75 Å². The molecule has 1 saturated carbocycles. The maximum atomic E-state index is 10.9. The predicted molar refractivity (Wildman–Crippen MR) is 87.4 cm³/mol. The molecule has 4 heteroatoms. The van der Waals surface area contributed by atoms with Gasteiger partial charge in [0.05, 0.1) is 12.2 Å². The van der Waals surface area contributed by atoms with E-state index in [-0.39, 0.29) is 5.56 Å². The summed E-state index contributed by atoms with van der Waals surface area (Å²) in [6.45, 7) is 3.00. The van der Waals surface area contributed by atoms with Crippen molar-refractivity contribution < 1.29 is 14.6 Å². The molecule has 21 heavy (non-hydrogen) atoms. The zero-order valence-corrected chi connectivity index (χ0v) is 13.4. The Hall–Kier alpha value is -1.16. The van der Waals surface area contributed by atoms with E-state index in [1.54, 1.807) is 18.2 Å². The minimum atomic E-state index is -0.914. The maximum Gasteiger partial charge on any atom is 0.335 e. The molecule has 2 unspecified atom stereocenters. The monoisotopic (exact) mass is 308 g/mol. The van der Waals surface area contributed by atoms with Gasteiger partial charge in [-0.15, -0.1) is 0 Å². The van der Waals surface area contributed by atoms with Crippen LogP contribution in [0.4, 0.5) is 0 Å². The Labute approximate surface area is 131 Å². The van der Waals surface area contributed by atoms with Crippen LogP contribution in [-0.2, 0) is 0 Å². The van der Waals surface area contributed by atoms with Gasteiger partial charge in [-0.05, 0) is 49.1 Å². The van der Waals surface area contributed by atoms with Gasteiger partial charge in [0, 0.05) is 5.25 Å². The average Bonchev–Trinajstić information content (AvgIpc) is 2.47. The highest BCUT2D eigenvalue weighted by Gasteiger charge is 2.18. The summed E-state index contributed by atoms with van der Waals surface area (Å²) < 4.78 is 5.63. The minimum Gasteiger partial charge on any atom is -0.494 e. The second-order valence-electron chi connectivity index (χ2n) is 5.80. The van der Waals surface area contributed by atoms with Crippen molar-refractivity contribution in [3.05, 3.63) is 29.8 Å². The van der Waals surface area contributed by atoms with E-state index in [0.717, 1.165) is 23.3 Å². The fraction of sp³-hybridized carbons (Fsp3) is 0.588. The molecule has 1 aliphatic carbocycles. The molecular formula is C17H24O3S. The fourth-order valence-electron chi connectivity index (χ4n) is 2.75. The van der Waals surface area contributed by atoms with Crippen LogP contribution in [0, 0.1) is 5.92 Å². The van der Waals surface area contributed by atoms with Crippen molar-refractivity contribution in [3.63, 3.8) is 0 Å². The lowest BCUT2D eigenvalue weighted by Crippen LogP contribution is -2.15. The molecule has 2 rings (SSSR count). The van der Waals surface area contributed by atoms with Crippen LogP contribution in [0.3, 0.4) is 0 Å². The number of benzene rings is 1. The quantitative estimate of drug-likeness (QED) is 0.755. The molecule has 1 aromatic rings. The first-order valence-corrected chi connectivity index (χ1v) is 8.78. The lowest BCUT2D eigenvalue weighted by Gasteiger charge is -2.26. The number of ether oxygens (including phenoxy) is 1. The van der Waals surface area contributed by atoms with Gasteiger partial charge >= 0.3 is 5.97 Å². The molecule has 1 N–H and O–H groups in total. The van der Waals surface area contributed by atoms with Gasteiger partial charge in [-0.1, -0.05) is 25.8 Å². The molecule has 0 bridgehead atoms. The van der Waals surface area contributed by atoms with Gasteiger partial charge in [0.2, 0.25) is 0 Å². The number of rotatable bonds is 7. The van der Waals surface area contributed by atoms with Gasteiger partial charge in [0.25, 0.3) is 0 Å². The normalized spacial score (nSPS) is 22.0. The van der Waals surface area contributed by atoms with Crippen molar-refractivity contribution in [2.75, 3.05) is 12.4 Å². The molecule has 0 radical (unpaired) electrons. The summed E-state index contributed by atoms with van der Waals surface area (Å²) in [5.74, 6) is 1.73. The summed E-state index contributed by atoms with van der Waals surface area (Å²) in [7, 11) is 0. The summed E-state index contributed by atoms with van der Waals surface area (Å²) in [6, 6.07) is 6.69. The first-order valence-electron chi connectivity index (χ1n) is 7.73. The Morgan fingerprint density at radius 3 is 3.05 bits per heavy atom. The van der Waals surface area contributed by atoms with Crippen molar-refractivity contribution in [1.82, 2.24) is 0 Å².